The third-order valence-electron chi connectivity index (χ3n) is 3.23. The molecule has 1 fully saturated rings. The number of hydrogen-bond donors (Lipinski definition) is 1. The summed E-state index contributed by atoms with van der Waals surface area (Å²) >= 11 is 0. The first-order valence-corrected chi connectivity index (χ1v) is 7.03. The van der Waals surface area contributed by atoms with Crippen molar-refractivity contribution in [3.63, 3.8) is 0 Å². The molecule has 19 heavy (non-hydrogen) atoms. The molecule has 0 aliphatic carbocycles. The van der Waals surface area contributed by atoms with Crippen LogP contribution in [0.15, 0.2) is 0 Å². The number of hydrogen-bond acceptors (Lipinski definition) is 4. The van der Waals surface area contributed by atoms with E-state index in [1.165, 1.54) is 0 Å². The van der Waals surface area contributed by atoms with Gasteiger partial charge in [0.1, 0.15) is 5.60 Å². The Labute approximate surface area is 117 Å². The van der Waals surface area contributed by atoms with Gasteiger partial charge in [0.2, 0.25) is 0 Å². The maximum absolute atomic E-state index is 11.9. The van der Waals surface area contributed by atoms with Crippen LogP contribution in [0.3, 0.4) is 0 Å². The summed E-state index contributed by atoms with van der Waals surface area (Å²) in [6, 6.07) is 0. The van der Waals surface area contributed by atoms with E-state index in [0.29, 0.717) is 6.54 Å². The Kier molecular flexibility index (Phi) is 5.21. The quantitative estimate of drug-likeness (QED) is 0.845. The molecule has 0 aromatic rings. The fourth-order valence-corrected chi connectivity index (χ4v) is 2.08. The second-order valence-electron chi connectivity index (χ2n) is 7.11. The average molecular weight is 271 g/mol. The van der Waals surface area contributed by atoms with Gasteiger partial charge < -0.3 is 15.4 Å². The fraction of sp³-hybridized carbons (Fsp3) is 0.929. The monoisotopic (exact) mass is 271 g/mol. The minimum Gasteiger partial charge on any atom is -0.444 e. The van der Waals surface area contributed by atoms with Gasteiger partial charge in [-0.25, -0.2) is 4.79 Å². The molecule has 1 saturated heterocycles. The first-order chi connectivity index (χ1) is 8.63. The van der Waals surface area contributed by atoms with Gasteiger partial charge in [0.25, 0.3) is 0 Å². The number of amides is 1. The highest BCUT2D eigenvalue weighted by Crippen LogP contribution is 2.17. The number of nitrogens with zero attached hydrogens (tertiary/aromatic N) is 2. The highest BCUT2D eigenvalue weighted by molar-refractivity contribution is 5.68. The molecular formula is C14H29N3O2. The molecule has 0 spiro atoms. The Bertz CT molecular complexity index is 302. The van der Waals surface area contributed by atoms with E-state index in [9.17, 15) is 4.79 Å². The third-order valence-corrected chi connectivity index (χ3v) is 3.23. The van der Waals surface area contributed by atoms with E-state index >= 15 is 0 Å². The molecule has 0 radical (unpaired) electrons. The third kappa shape index (κ3) is 5.78. The van der Waals surface area contributed by atoms with Crippen LogP contribution in [0.1, 0.15) is 34.6 Å². The zero-order chi connectivity index (χ0) is 14.7. The topological polar surface area (TPSA) is 58.8 Å². The predicted octanol–water partition coefficient (Wildman–Crippen LogP) is 1.52. The van der Waals surface area contributed by atoms with Crippen LogP contribution in [0.4, 0.5) is 4.79 Å². The fourth-order valence-electron chi connectivity index (χ4n) is 2.08. The number of ether oxygens (including phenoxy) is 1. The van der Waals surface area contributed by atoms with Gasteiger partial charge in [0.15, 0.2) is 0 Å². The summed E-state index contributed by atoms with van der Waals surface area (Å²) in [5, 5.41) is 0. The smallest absolute Gasteiger partial charge is 0.410 e. The van der Waals surface area contributed by atoms with E-state index in [0.717, 1.165) is 32.7 Å². The summed E-state index contributed by atoms with van der Waals surface area (Å²) in [5.74, 6) is 0. The lowest BCUT2D eigenvalue weighted by molar-refractivity contribution is 0.0118. The van der Waals surface area contributed by atoms with Crippen molar-refractivity contribution in [2.75, 3.05) is 39.3 Å². The minimum atomic E-state index is -0.421. The van der Waals surface area contributed by atoms with E-state index in [1.807, 2.05) is 20.8 Å². The first kappa shape index (κ1) is 16.2. The lowest BCUT2D eigenvalue weighted by atomic mass is 9.93. The molecule has 0 saturated carbocycles. The Morgan fingerprint density at radius 1 is 1.11 bits per heavy atom. The van der Waals surface area contributed by atoms with Gasteiger partial charge in [0, 0.05) is 32.7 Å². The van der Waals surface area contributed by atoms with Gasteiger partial charge in [-0.15, -0.1) is 0 Å². The summed E-state index contributed by atoms with van der Waals surface area (Å²) in [6.45, 7) is 14.9. The first-order valence-electron chi connectivity index (χ1n) is 7.03. The van der Waals surface area contributed by atoms with E-state index in [4.69, 9.17) is 10.5 Å². The molecule has 0 unspecified atom stereocenters. The van der Waals surface area contributed by atoms with Crippen LogP contribution < -0.4 is 5.73 Å². The maximum Gasteiger partial charge on any atom is 0.410 e. The zero-order valence-electron chi connectivity index (χ0n) is 13.0. The van der Waals surface area contributed by atoms with Crippen LogP contribution in [0.5, 0.6) is 0 Å². The van der Waals surface area contributed by atoms with Gasteiger partial charge in [-0.1, -0.05) is 13.8 Å². The minimum absolute atomic E-state index is 0.133. The molecule has 0 atom stereocenters. The van der Waals surface area contributed by atoms with Gasteiger partial charge in [-0.3, -0.25) is 4.90 Å². The molecule has 5 nitrogen and oxygen atoms in total. The maximum atomic E-state index is 11.9. The molecule has 0 bridgehead atoms. The summed E-state index contributed by atoms with van der Waals surface area (Å²) < 4.78 is 5.38. The van der Waals surface area contributed by atoms with Crippen LogP contribution in [0.25, 0.3) is 0 Å². The van der Waals surface area contributed by atoms with Gasteiger partial charge in [0.05, 0.1) is 0 Å². The van der Waals surface area contributed by atoms with Crippen molar-refractivity contribution >= 4 is 6.09 Å². The Morgan fingerprint density at radius 3 is 2.05 bits per heavy atom. The zero-order valence-corrected chi connectivity index (χ0v) is 13.0. The molecule has 1 rings (SSSR count). The standard InChI is InChI=1S/C14H29N3O2/c1-13(2,3)19-12(18)17-8-6-16(7-9-17)11-14(4,5)10-15/h6-11,15H2,1-5H3. The van der Waals surface area contributed by atoms with Gasteiger partial charge in [-0.05, 0) is 32.7 Å². The Balaban J connectivity index is 2.39. The highest BCUT2D eigenvalue weighted by atomic mass is 16.6. The number of piperazine rings is 1. The van der Waals surface area contributed by atoms with Crippen LogP contribution in [-0.4, -0.2) is 60.8 Å². The number of rotatable bonds is 3. The molecule has 0 aromatic heterocycles. The average Bonchev–Trinajstić information content (AvgIpc) is 2.27. The highest BCUT2D eigenvalue weighted by Gasteiger charge is 2.28. The normalized spacial score (nSPS) is 18.5. The predicted molar refractivity (Wildman–Crippen MR) is 77.1 cm³/mol. The van der Waals surface area contributed by atoms with E-state index in [-0.39, 0.29) is 11.5 Å². The largest absolute Gasteiger partial charge is 0.444 e. The molecule has 1 aliphatic rings. The molecule has 0 aromatic carbocycles. The molecule has 2 N–H and O–H groups in total. The van der Waals surface area contributed by atoms with E-state index < -0.39 is 5.60 Å². The summed E-state index contributed by atoms with van der Waals surface area (Å²) in [4.78, 5) is 16.1. The summed E-state index contributed by atoms with van der Waals surface area (Å²) in [6.07, 6.45) is -0.203. The summed E-state index contributed by atoms with van der Waals surface area (Å²) in [5.41, 5.74) is 5.47. The Hall–Kier alpha value is -0.810. The van der Waals surface area contributed by atoms with Gasteiger partial charge >= 0.3 is 6.09 Å². The van der Waals surface area contributed by atoms with Crippen molar-refractivity contribution in [3.05, 3.63) is 0 Å². The second-order valence-corrected chi connectivity index (χ2v) is 7.11. The lowest BCUT2D eigenvalue weighted by Gasteiger charge is -2.38. The van der Waals surface area contributed by atoms with Gasteiger partial charge in [-0.2, -0.15) is 0 Å². The van der Waals surface area contributed by atoms with Crippen LogP contribution in [-0.2, 0) is 4.74 Å². The molecule has 1 heterocycles. The number of nitrogens with two attached hydrogens (primary N) is 1. The van der Waals surface area contributed by atoms with Crippen molar-refractivity contribution < 1.29 is 9.53 Å². The van der Waals surface area contributed by atoms with E-state index in [2.05, 4.69) is 18.7 Å². The number of carbonyl (C=O) groups excluding carboxylic acids is 1. The molecule has 5 heteroatoms. The molecular weight excluding hydrogens is 242 g/mol. The van der Waals surface area contributed by atoms with E-state index in [1.54, 1.807) is 4.90 Å². The summed E-state index contributed by atoms with van der Waals surface area (Å²) in [7, 11) is 0. The number of carbonyl (C=O) groups is 1. The van der Waals surface area contributed by atoms with Crippen LogP contribution >= 0.6 is 0 Å². The second kappa shape index (κ2) is 6.09. The van der Waals surface area contributed by atoms with Crippen molar-refractivity contribution in [1.29, 1.82) is 0 Å². The van der Waals surface area contributed by atoms with Crippen molar-refractivity contribution in [3.8, 4) is 0 Å². The SMILES string of the molecule is CC(C)(CN)CN1CCN(C(=O)OC(C)(C)C)CC1. The van der Waals surface area contributed by atoms with Crippen LogP contribution in [0.2, 0.25) is 0 Å². The van der Waals surface area contributed by atoms with Crippen molar-refractivity contribution in [2.45, 2.75) is 40.2 Å². The molecule has 1 aliphatic heterocycles. The van der Waals surface area contributed by atoms with Crippen LogP contribution in [0, 0.1) is 5.41 Å². The Morgan fingerprint density at radius 2 is 1.63 bits per heavy atom. The molecule has 1 amide bonds. The van der Waals surface area contributed by atoms with Crippen molar-refractivity contribution in [1.82, 2.24) is 9.80 Å². The van der Waals surface area contributed by atoms with Crippen molar-refractivity contribution in [2.24, 2.45) is 11.1 Å². The molecule has 112 valence electrons. The lowest BCUT2D eigenvalue weighted by Crippen LogP contribution is -2.52.